The molecule has 1 aliphatic heterocycles. The van der Waals surface area contributed by atoms with Crippen molar-refractivity contribution in [2.45, 2.75) is 44.8 Å². The van der Waals surface area contributed by atoms with Gasteiger partial charge < -0.3 is 10.1 Å². The third kappa shape index (κ3) is 2.98. The smallest absolute Gasteiger partial charge is 0.223 e. The number of fused-ring (bicyclic) bond motifs is 1. The van der Waals surface area contributed by atoms with Crippen molar-refractivity contribution < 1.29 is 9.53 Å². The molecule has 1 saturated carbocycles. The highest BCUT2D eigenvalue weighted by atomic mass is 16.5. The van der Waals surface area contributed by atoms with Crippen molar-refractivity contribution in [3.05, 3.63) is 35.4 Å². The van der Waals surface area contributed by atoms with Crippen LogP contribution in [0, 0.1) is 5.92 Å². The number of carbonyl (C=O) groups excluding carboxylic acids is 1. The molecular weight excluding hydrogens is 238 g/mol. The summed E-state index contributed by atoms with van der Waals surface area (Å²) in [6.07, 6.45) is 5.54. The molecule has 1 unspecified atom stereocenters. The van der Waals surface area contributed by atoms with Gasteiger partial charge in [-0.15, -0.1) is 0 Å². The van der Waals surface area contributed by atoms with E-state index in [2.05, 4.69) is 23.5 Å². The first-order valence-electron chi connectivity index (χ1n) is 7.29. The average molecular weight is 259 g/mol. The molecule has 1 aromatic rings. The molecule has 1 N–H and O–H groups in total. The second-order valence-electron chi connectivity index (χ2n) is 5.63. The van der Waals surface area contributed by atoms with E-state index in [4.69, 9.17) is 4.74 Å². The van der Waals surface area contributed by atoms with Crippen molar-refractivity contribution >= 4 is 5.91 Å². The second-order valence-corrected chi connectivity index (χ2v) is 5.63. The van der Waals surface area contributed by atoms with Crippen LogP contribution in [0.1, 0.15) is 36.8 Å². The third-order valence-electron chi connectivity index (χ3n) is 4.27. The zero-order valence-electron chi connectivity index (χ0n) is 11.2. The summed E-state index contributed by atoms with van der Waals surface area (Å²) in [6, 6.07) is 8.38. The molecule has 1 fully saturated rings. The lowest BCUT2D eigenvalue weighted by atomic mass is 9.99. The maximum atomic E-state index is 12.0. The van der Waals surface area contributed by atoms with Gasteiger partial charge in [0.15, 0.2) is 0 Å². The quantitative estimate of drug-likeness (QED) is 0.905. The molecule has 3 rings (SSSR count). The summed E-state index contributed by atoms with van der Waals surface area (Å²) in [7, 11) is 0. The average Bonchev–Trinajstić information content (AvgIpc) is 2.99. The van der Waals surface area contributed by atoms with Gasteiger partial charge in [-0.25, -0.2) is 0 Å². The number of hydrogen-bond donors (Lipinski definition) is 1. The molecule has 1 amide bonds. The molecule has 102 valence electrons. The fourth-order valence-electron chi connectivity index (χ4n) is 3.09. The zero-order valence-corrected chi connectivity index (χ0v) is 11.2. The van der Waals surface area contributed by atoms with Crippen LogP contribution < -0.4 is 5.32 Å². The highest BCUT2D eigenvalue weighted by Gasteiger charge is 2.24. The Morgan fingerprint density at radius 3 is 2.74 bits per heavy atom. The number of carbonyl (C=O) groups is 1. The van der Waals surface area contributed by atoms with E-state index in [9.17, 15) is 4.79 Å². The summed E-state index contributed by atoms with van der Waals surface area (Å²) in [4.78, 5) is 12.0. The van der Waals surface area contributed by atoms with Gasteiger partial charge in [-0.1, -0.05) is 37.1 Å². The Balaban J connectivity index is 1.50. The van der Waals surface area contributed by atoms with E-state index in [1.807, 2.05) is 6.07 Å². The van der Waals surface area contributed by atoms with Crippen molar-refractivity contribution in [3.63, 3.8) is 0 Å². The van der Waals surface area contributed by atoms with Crippen LogP contribution in [0.3, 0.4) is 0 Å². The van der Waals surface area contributed by atoms with E-state index in [0.29, 0.717) is 13.2 Å². The Hall–Kier alpha value is -1.35. The largest absolute Gasteiger partial charge is 0.371 e. The Kier molecular flexibility index (Phi) is 3.83. The Bertz CT molecular complexity index is 452. The van der Waals surface area contributed by atoms with Gasteiger partial charge in [0, 0.05) is 18.9 Å². The molecule has 0 radical (unpaired) electrons. The van der Waals surface area contributed by atoms with Crippen LogP contribution in [0.5, 0.6) is 0 Å². The van der Waals surface area contributed by atoms with Gasteiger partial charge in [0.05, 0.1) is 12.7 Å². The maximum absolute atomic E-state index is 12.0. The molecule has 0 aromatic heterocycles. The highest BCUT2D eigenvalue weighted by molar-refractivity contribution is 5.78. The summed E-state index contributed by atoms with van der Waals surface area (Å²) >= 11 is 0. The van der Waals surface area contributed by atoms with Gasteiger partial charge in [-0.05, 0) is 24.0 Å². The number of benzene rings is 1. The van der Waals surface area contributed by atoms with Crippen LogP contribution in [-0.4, -0.2) is 18.6 Å². The van der Waals surface area contributed by atoms with Crippen molar-refractivity contribution in [1.29, 1.82) is 0 Å². The van der Waals surface area contributed by atoms with Crippen LogP contribution >= 0.6 is 0 Å². The highest BCUT2D eigenvalue weighted by Crippen LogP contribution is 2.25. The molecule has 1 heterocycles. The molecule has 0 saturated heterocycles. The third-order valence-corrected chi connectivity index (χ3v) is 4.27. The number of ether oxygens (including phenoxy) is 1. The fraction of sp³-hybridized carbons (Fsp3) is 0.562. The number of amides is 1. The number of hydrogen-bond acceptors (Lipinski definition) is 2. The maximum Gasteiger partial charge on any atom is 0.223 e. The molecular formula is C16H21NO2. The first-order chi connectivity index (χ1) is 9.33. The van der Waals surface area contributed by atoms with E-state index in [-0.39, 0.29) is 17.9 Å². The number of nitrogens with one attached hydrogen (secondary N) is 1. The van der Waals surface area contributed by atoms with Gasteiger partial charge in [0.25, 0.3) is 0 Å². The molecule has 0 bridgehead atoms. The van der Waals surface area contributed by atoms with E-state index < -0.39 is 0 Å². The van der Waals surface area contributed by atoms with Crippen molar-refractivity contribution in [2.75, 3.05) is 6.54 Å². The summed E-state index contributed by atoms with van der Waals surface area (Å²) < 4.78 is 5.80. The normalized spacial score (nSPS) is 23.1. The van der Waals surface area contributed by atoms with Gasteiger partial charge in [-0.2, -0.15) is 0 Å². The molecule has 19 heavy (non-hydrogen) atoms. The summed E-state index contributed by atoms with van der Waals surface area (Å²) in [5, 5.41) is 3.06. The molecule has 3 nitrogen and oxygen atoms in total. The van der Waals surface area contributed by atoms with E-state index in [1.54, 1.807) is 0 Å². The molecule has 1 aliphatic carbocycles. The minimum atomic E-state index is 0.125. The van der Waals surface area contributed by atoms with Crippen LogP contribution in [0.15, 0.2) is 24.3 Å². The van der Waals surface area contributed by atoms with E-state index in [0.717, 1.165) is 19.3 Å². The van der Waals surface area contributed by atoms with Crippen LogP contribution in [0.4, 0.5) is 0 Å². The van der Waals surface area contributed by atoms with E-state index in [1.165, 1.54) is 24.0 Å². The van der Waals surface area contributed by atoms with Crippen molar-refractivity contribution in [3.8, 4) is 0 Å². The number of rotatable bonds is 3. The van der Waals surface area contributed by atoms with Gasteiger partial charge >= 0.3 is 0 Å². The lowest BCUT2D eigenvalue weighted by Gasteiger charge is -2.25. The minimum Gasteiger partial charge on any atom is -0.371 e. The zero-order chi connectivity index (χ0) is 13.1. The topological polar surface area (TPSA) is 38.3 Å². The monoisotopic (exact) mass is 259 g/mol. The standard InChI is InChI=1S/C16H21NO2/c18-16(12-5-1-2-6-12)17-10-15-9-13-7-3-4-8-14(13)11-19-15/h3-4,7-8,12,15H,1-2,5-6,9-11H2,(H,17,18). The molecule has 0 spiro atoms. The lowest BCUT2D eigenvalue weighted by Crippen LogP contribution is -2.39. The summed E-state index contributed by atoms with van der Waals surface area (Å²) in [6.45, 7) is 1.31. The Morgan fingerprint density at radius 2 is 1.95 bits per heavy atom. The molecule has 1 aromatic carbocycles. The minimum absolute atomic E-state index is 0.125. The summed E-state index contributed by atoms with van der Waals surface area (Å²) in [5.41, 5.74) is 2.63. The first-order valence-corrected chi connectivity index (χ1v) is 7.29. The van der Waals surface area contributed by atoms with Crippen LogP contribution in [0.2, 0.25) is 0 Å². The molecule has 1 atom stereocenters. The van der Waals surface area contributed by atoms with E-state index >= 15 is 0 Å². The van der Waals surface area contributed by atoms with Crippen LogP contribution in [0.25, 0.3) is 0 Å². The van der Waals surface area contributed by atoms with Crippen LogP contribution in [-0.2, 0) is 22.6 Å². The van der Waals surface area contributed by atoms with Gasteiger partial charge in [0.2, 0.25) is 5.91 Å². The predicted octanol–water partition coefficient (Wildman–Crippen LogP) is 2.43. The SMILES string of the molecule is O=C(NCC1Cc2ccccc2CO1)C1CCCC1. The second kappa shape index (κ2) is 5.74. The van der Waals surface area contributed by atoms with Gasteiger partial charge in [0.1, 0.15) is 0 Å². The van der Waals surface area contributed by atoms with Crippen molar-refractivity contribution in [1.82, 2.24) is 5.32 Å². The first kappa shape index (κ1) is 12.7. The lowest BCUT2D eigenvalue weighted by molar-refractivity contribution is -0.125. The fourth-order valence-corrected chi connectivity index (χ4v) is 3.09. The Labute approximate surface area is 114 Å². The Morgan fingerprint density at radius 1 is 1.21 bits per heavy atom. The van der Waals surface area contributed by atoms with Gasteiger partial charge in [-0.3, -0.25) is 4.79 Å². The predicted molar refractivity (Wildman–Crippen MR) is 73.7 cm³/mol. The molecule has 3 heteroatoms. The summed E-state index contributed by atoms with van der Waals surface area (Å²) in [5.74, 6) is 0.468. The molecule has 2 aliphatic rings. The van der Waals surface area contributed by atoms with Crippen molar-refractivity contribution in [2.24, 2.45) is 5.92 Å².